The Balaban J connectivity index is 1.78. The molecule has 0 saturated carbocycles. The van der Waals surface area contributed by atoms with Crippen LogP contribution in [0, 0.1) is 0 Å². The number of hydrogen-bond acceptors (Lipinski definition) is 4. The Hall–Kier alpha value is -3.27. The number of benzene rings is 2. The van der Waals surface area contributed by atoms with Crippen molar-refractivity contribution < 1.29 is 4.74 Å². The maximum Gasteiger partial charge on any atom is 0.178 e. The molecular formula is C20H15N3O. The summed E-state index contributed by atoms with van der Waals surface area (Å²) in [6.07, 6.45) is 1.83. The van der Waals surface area contributed by atoms with Gasteiger partial charge in [-0.1, -0.05) is 36.4 Å². The van der Waals surface area contributed by atoms with E-state index in [2.05, 4.69) is 9.97 Å². The molecule has 0 amide bonds. The van der Waals surface area contributed by atoms with E-state index < -0.39 is 0 Å². The maximum atomic E-state index is 5.29. The molecule has 0 unspecified atom stereocenters. The lowest BCUT2D eigenvalue weighted by molar-refractivity contribution is 0.415. The fourth-order valence-corrected chi connectivity index (χ4v) is 2.60. The molecule has 0 saturated heterocycles. The number of pyridine rings is 1. The smallest absolute Gasteiger partial charge is 0.178 e. The quantitative estimate of drug-likeness (QED) is 0.563. The second-order valence-corrected chi connectivity index (χ2v) is 5.39. The van der Waals surface area contributed by atoms with E-state index in [9.17, 15) is 0 Å². The summed E-state index contributed by atoms with van der Waals surface area (Å²) >= 11 is 0. The number of ether oxygens (including phenoxy) is 1. The predicted molar refractivity (Wildman–Crippen MR) is 94.8 cm³/mol. The maximum absolute atomic E-state index is 5.29. The lowest BCUT2D eigenvalue weighted by atomic mass is 10.1. The van der Waals surface area contributed by atoms with Crippen LogP contribution in [0.15, 0.2) is 72.9 Å². The molecule has 24 heavy (non-hydrogen) atoms. The molecule has 4 aromatic rings. The molecule has 0 radical (unpaired) electrons. The molecule has 0 spiro atoms. The van der Waals surface area contributed by atoms with Gasteiger partial charge < -0.3 is 4.74 Å². The first-order valence-electron chi connectivity index (χ1n) is 7.67. The van der Waals surface area contributed by atoms with Crippen molar-refractivity contribution in [2.75, 3.05) is 7.11 Å². The van der Waals surface area contributed by atoms with E-state index in [0.717, 1.165) is 33.6 Å². The Bertz CT molecular complexity index is 1010. The molecule has 4 nitrogen and oxygen atoms in total. The topological polar surface area (TPSA) is 47.9 Å². The molecular weight excluding hydrogens is 298 g/mol. The molecule has 2 heterocycles. The van der Waals surface area contributed by atoms with E-state index in [4.69, 9.17) is 9.72 Å². The highest BCUT2D eigenvalue weighted by atomic mass is 16.5. The van der Waals surface area contributed by atoms with Gasteiger partial charge in [0, 0.05) is 17.1 Å². The van der Waals surface area contributed by atoms with Gasteiger partial charge in [-0.05, 0) is 30.3 Å². The first-order valence-corrected chi connectivity index (χ1v) is 7.67. The number of para-hydroxylation sites is 1. The number of fused-ring (bicyclic) bond motifs is 1. The first-order chi connectivity index (χ1) is 11.8. The first kappa shape index (κ1) is 14.3. The van der Waals surface area contributed by atoms with Crippen molar-refractivity contribution in [3.63, 3.8) is 0 Å². The van der Waals surface area contributed by atoms with E-state index in [1.165, 1.54) is 0 Å². The lowest BCUT2D eigenvalue weighted by Gasteiger charge is -2.06. The molecule has 0 bridgehead atoms. The Morgan fingerprint density at radius 3 is 2.54 bits per heavy atom. The van der Waals surface area contributed by atoms with Crippen molar-refractivity contribution in [2.24, 2.45) is 0 Å². The number of rotatable bonds is 3. The van der Waals surface area contributed by atoms with E-state index in [0.29, 0.717) is 5.82 Å². The van der Waals surface area contributed by atoms with Crippen LogP contribution in [0.2, 0.25) is 0 Å². The second kappa shape index (κ2) is 6.08. The molecule has 0 aliphatic rings. The Morgan fingerprint density at radius 2 is 1.62 bits per heavy atom. The minimum Gasteiger partial charge on any atom is -0.497 e. The van der Waals surface area contributed by atoms with Crippen LogP contribution in [0.25, 0.3) is 33.7 Å². The summed E-state index contributed by atoms with van der Waals surface area (Å²) in [5.74, 6) is 1.43. The summed E-state index contributed by atoms with van der Waals surface area (Å²) < 4.78 is 5.29. The van der Waals surface area contributed by atoms with Gasteiger partial charge in [0.1, 0.15) is 11.4 Å². The van der Waals surface area contributed by atoms with Crippen molar-refractivity contribution in [2.45, 2.75) is 0 Å². The highest BCUT2D eigenvalue weighted by molar-refractivity contribution is 5.79. The van der Waals surface area contributed by atoms with Crippen molar-refractivity contribution in [1.82, 2.24) is 15.0 Å². The summed E-state index contributed by atoms with van der Waals surface area (Å²) in [6.45, 7) is 0. The number of hydrogen-bond donors (Lipinski definition) is 0. The fourth-order valence-electron chi connectivity index (χ4n) is 2.60. The van der Waals surface area contributed by atoms with Crippen molar-refractivity contribution >= 4 is 10.9 Å². The number of nitrogens with zero attached hydrogens (tertiary/aromatic N) is 3. The summed E-state index contributed by atoms with van der Waals surface area (Å²) in [4.78, 5) is 13.8. The Morgan fingerprint density at radius 1 is 0.792 bits per heavy atom. The monoisotopic (exact) mass is 313 g/mol. The van der Waals surface area contributed by atoms with E-state index in [1.54, 1.807) is 7.11 Å². The van der Waals surface area contributed by atoms with Crippen LogP contribution < -0.4 is 4.74 Å². The zero-order valence-electron chi connectivity index (χ0n) is 13.2. The van der Waals surface area contributed by atoms with Crippen LogP contribution in [0.3, 0.4) is 0 Å². The molecule has 0 atom stereocenters. The third-order valence-corrected chi connectivity index (χ3v) is 3.83. The third-order valence-electron chi connectivity index (χ3n) is 3.83. The minimum absolute atomic E-state index is 0.624. The van der Waals surface area contributed by atoms with E-state index >= 15 is 0 Å². The van der Waals surface area contributed by atoms with E-state index in [1.807, 2.05) is 72.9 Å². The van der Waals surface area contributed by atoms with Gasteiger partial charge in [0.15, 0.2) is 5.82 Å². The second-order valence-electron chi connectivity index (χ2n) is 5.39. The number of methoxy groups -OCH3 is 1. The van der Waals surface area contributed by atoms with Crippen molar-refractivity contribution in [3.8, 4) is 28.5 Å². The molecule has 0 aliphatic carbocycles. The van der Waals surface area contributed by atoms with Crippen LogP contribution in [0.5, 0.6) is 5.75 Å². The van der Waals surface area contributed by atoms with Gasteiger partial charge in [0.25, 0.3) is 0 Å². The predicted octanol–water partition coefficient (Wildman–Crippen LogP) is 4.37. The molecule has 0 N–H and O–H groups in total. The van der Waals surface area contributed by atoms with Gasteiger partial charge in [-0.3, -0.25) is 0 Å². The average Bonchev–Trinajstić information content (AvgIpc) is 2.68. The molecule has 4 heteroatoms. The van der Waals surface area contributed by atoms with Gasteiger partial charge in [0.05, 0.1) is 18.3 Å². The normalized spacial score (nSPS) is 10.7. The van der Waals surface area contributed by atoms with Crippen LogP contribution in [-0.2, 0) is 0 Å². The Labute approximate surface area is 139 Å². The largest absolute Gasteiger partial charge is 0.497 e. The van der Waals surface area contributed by atoms with Crippen LogP contribution in [0.1, 0.15) is 0 Å². The highest BCUT2D eigenvalue weighted by Crippen LogP contribution is 2.24. The van der Waals surface area contributed by atoms with Gasteiger partial charge >= 0.3 is 0 Å². The van der Waals surface area contributed by atoms with Crippen LogP contribution in [-0.4, -0.2) is 22.1 Å². The average molecular weight is 313 g/mol. The summed E-state index contributed by atoms with van der Waals surface area (Å²) in [5, 5.41) is 1.02. The minimum atomic E-state index is 0.624. The number of aromatic nitrogens is 3. The van der Waals surface area contributed by atoms with Gasteiger partial charge in [-0.15, -0.1) is 0 Å². The molecule has 0 aliphatic heterocycles. The third kappa shape index (κ3) is 2.70. The highest BCUT2D eigenvalue weighted by Gasteiger charge is 2.07. The van der Waals surface area contributed by atoms with E-state index in [-0.39, 0.29) is 0 Å². The zero-order chi connectivity index (χ0) is 16.4. The fraction of sp³-hybridized carbons (Fsp3) is 0.0500. The van der Waals surface area contributed by atoms with Gasteiger partial charge in [0.2, 0.25) is 0 Å². The van der Waals surface area contributed by atoms with Crippen LogP contribution >= 0.6 is 0 Å². The molecule has 2 aromatic heterocycles. The van der Waals surface area contributed by atoms with Crippen molar-refractivity contribution in [3.05, 3.63) is 72.9 Å². The summed E-state index contributed by atoms with van der Waals surface area (Å²) in [6, 6.07) is 21.6. The van der Waals surface area contributed by atoms with Gasteiger partial charge in [-0.2, -0.15) is 0 Å². The summed E-state index contributed by atoms with van der Waals surface area (Å²) in [5.41, 5.74) is 3.53. The molecule has 4 rings (SSSR count). The molecule has 0 fully saturated rings. The standard InChI is InChI=1S/C20H15N3O/c1-24-16-8-4-7-14(12-16)17-10-5-11-19(22-17)20-21-13-15-6-2-3-9-18(15)23-20/h2-13H,1H3. The zero-order valence-corrected chi connectivity index (χ0v) is 13.2. The Kier molecular flexibility index (Phi) is 3.63. The lowest BCUT2D eigenvalue weighted by Crippen LogP contribution is -1.94. The SMILES string of the molecule is COc1cccc(-c2cccc(-c3ncc4ccccc4n3)n2)c1. The summed E-state index contributed by atoms with van der Waals surface area (Å²) in [7, 11) is 1.66. The van der Waals surface area contributed by atoms with Crippen molar-refractivity contribution in [1.29, 1.82) is 0 Å². The van der Waals surface area contributed by atoms with Gasteiger partial charge in [-0.25, -0.2) is 15.0 Å². The molecule has 2 aromatic carbocycles. The van der Waals surface area contributed by atoms with Crippen LogP contribution in [0.4, 0.5) is 0 Å². The molecule has 116 valence electrons.